The van der Waals surface area contributed by atoms with Gasteiger partial charge < -0.3 is 10.3 Å². The maximum Gasteiger partial charge on any atom is 0.138 e. The summed E-state index contributed by atoms with van der Waals surface area (Å²) >= 11 is 6.02. The van der Waals surface area contributed by atoms with Gasteiger partial charge in [0.1, 0.15) is 5.15 Å². The van der Waals surface area contributed by atoms with Crippen molar-refractivity contribution in [3.63, 3.8) is 0 Å². The summed E-state index contributed by atoms with van der Waals surface area (Å²) in [6.07, 6.45) is 7.56. The van der Waals surface area contributed by atoms with Crippen molar-refractivity contribution >= 4 is 11.6 Å². The summed E-state index contributed by atoms with van der Waals surface area (Å²) in [5.41, 5.74) is 7.18. The van der Waals surface area contributed by atoms with Crippen LogP contribution < -0.4 is 5.73 Å². The van der Waals surface area contributed by atoms with Gasteiger partial charge in [0, 0.05) is 24.5 Å². The van der Waals surface area contributed by atoms with Gasteiger partial charge in [0.05, 0.1) is 12.0 Å². The Morgan fingerprint density at radius 1 is 1.29 bits per heavy atom. The number of imidazole rings is 1. The van der Waals surface area contributed by atoms with Crippen molar-refractivity contribution in [1.82, 2.24) is 14.5 Å². The third kappa shape index (κ3) is 3.05. The van der Waals surface area contributed by atoms with Crippen molar-refractivity contribution in [2.45, 2.75) is 19.4 Å². The van der Waals surface area contributed by atoms with E-state index in [0.29, 0.717) is 5.15 Å². The minimum Gasteiger partial charge on any atom is -0.337 e. The van der Waals surface area contributed by atoms with Gasteiger partial charge in [-0.2, -0.15) is 0 Å². The fourth-order valence-corrected chi connectivity index (χ4v) is 1.85. The number of halogens is 1. The third-order valence-corrected chi connectivity index (χ3v) is 2.84. The first-order valence-electron chi connectivity index (χ1n) is 5.64. The van der Waals surface area contributed by atoms with Gasteiger partial charge >= 0.3 is 0 Å². The van der Waals surface area contributed by atoms with E-state index in [1.807, 2.05) is 29.2 Å². The van der Waals surface area contributed by atoms with Gasteiger partial charge in [-0.15, -0.1) is 0 Å². The first kappa shape index (κ1) is 12.1. The lowest BCUT2D eigenvalue weighted by Crippen LogP contribution is -2.01. The van der Waals surface area contributed by atoms with Crippen LogP contribution in [0.15, 0.2) is 30.9 Å². The molecule has 0 spiro atoms. The topological polar surface area (TPSA) is 56.7 Å². The minimum absolute atomic E-state index is 0.486. The molecule has 0 aliphatic carbocycles. The van der Waals surface area contributed by atoms with Gasteiger partial charge in [-0.05, 0) is 31.5 Å². The van der Waals surface area contributed by atoms with Gasteiger partial charge in [-0.25, -0.2) is 9.97 Å². The molecular formula is C12H15ClN4. The van der Waals surface area contributed by atoms with E-state index in [2.05, 4.69) is 9.97 Å². The summed E-state index contributed by atoms with van der Waals surface area (Å²) in [4.78, 5) is 8.37. The highest BCUT2D eigenvalue weighted by atomic mass is 35.5. The molecule has 0 unspecified atom stereocenters. The van der Waals surface area contributed by atoms with Crippen molar-refractivity contribution in [1.29, 1.82) is 0 Å². The Kier molecular flexibility index (Phi) is 4.12. The van der Waals surface area contributed by atoms with Crippen LogP contribution in [-0.2, 0) is 6.54 Å². The van der Waals surface area contributed by atoms with Crippen molar-refractivity contribution in [3.05, 3.63) is 36.0 Å². The smallest absolute Gasteiger partial charge is 0.138 e. The molecule has 0 aromatic carbocycles. The zero-order valence-corrected chi connectivity index (χ0v) is 10.3. The van der Waals surface area contributed by atoms with Crippen molar-refractivity contribution in [2.75, 3.05) is 6.54 Å². The Labute approximate surface area is 105 Å². The van der Waals surface area contributed by atoms with Gasteiger partial charge in [0.15, 0.2) is 0 Å². The number of hydrogen-bond acceptors (Lipinski definition) is 3. The molecule has 2 aromatic rings. The average Bonchev–Trinajstić information content (AvgIpc) is 2.79. The summed E-state index contributed by atoms with van der Waals surface area (Å²) in [6, 6.07) is 3.77. The standard InChI is InChI=1S/C12H15ClN4/c13-12-10(4-3-6-15-12)11-8-17(9-16-11)7-2-1-5-14/h3-4,6,8-9H,1-2,5,7,14H2. The molecule has 90 valence electrons. The number of pyridine rings is 1. The van der Waals surface area contributed by atoms with Gasteiger partial charge in [0.2, 0.25) is 0 Å². The summed E-state index contributed by atoms with van der Waals surface area (Å²) in [7, 11) is 0. The van der Waals surface area contributed by atoms with E-state index in [-0.39, 0.29) is 0 Å². The molecular weight excluding hydrogens is 236 g/mol. The number of rotatable bonds is 5. The second-order valence-corrected chi connectivity index (χ2v) is 4.19. The molecule has 2 heterocycles. The van der Waals surface area contributed by atoms with Crippen LogP contribution in [0.1, 0.15) is 12.8 Å². The van der Waals surface area contributed by atoms with Gasteiger partial charge in [0.25, 0.3) is 0 Å². The van der Waals surface area contributed by atoms with Crippen LogP contribution in [0.25, 0.3) is 11.3 Å². The number of unbranched alkanes of at least 4 members (excludes halogenated alkanes) is 1. The third-order valence-electron chi connectivity index (χ3n) is 2.54. The van der Waals surface area contributed by atoms with Crippen LogP contribution in [0.2, 0.25) is 5.15 Å². The zero-order valence-electron chi connectivity index (χ0n) is 9.51. The molecule has 0 aliphatic rings. The highest BCUT2D eigenvalue weighted by Gasteiger charge is 2.06. The molecule has 2 rings (SSSR count). The van der Waals surface area contributed by atoms with E-state index >= 15 is 0 Å². The quantitative estimate of drug-likeness (QED) is 0.655. The molecule has 0 saturated carbocycles. The molecule has 0 bridgehead atoms. The summed E-state index contributed by atoms with van der Waals surface area (Å²) in [5.74, 6) is 0. The lowest BCUT2D eigenvalue weighted by atomic mass is 10.2. The van der Waals surface area contributed by atoms with Crippen molar-refractivity contribution < 1.29 is 0 Å². The second kappa shape index (κ2) is 5.80. The Morgan fingerprint density at radius 2 is 2.18 bits per heavy atom. The van der Waals surface area contributed by atoms with E-state index in [0.717, 1.165) is 37.2 Å². The van der Waals surface area contributed by atoms with Crippen LogP contribution in [0.5, 0.6) is 0 Å². The highest BCUT2D eigenvalue weighted by Crippen LogP contribution is 2.23. The number of hydrogen-bond donors (Lipinski definition) is 1. The Balaban J connectivity index is 2.10. The molecule has 17 heavy (non-hydrogen) atoms. The predicted molar refractivity (Wildman–Crippen MR) is 68.8 cm³/mol. The molecule has 2 N–H and O–H groups in total. The lowest BCUT2D eigenvalue weighted by molar-refractivity contribution is 0.614. The first-order chi connectivity index (χ1) is 8.31. The second-order valence-electron chi connectivity index (χ2n) is 3.83. The Bertz CT molecular complexity index is 481. The average molecular weight is 251 g/mol. The lowest BCUT2D eigenvalue weighted by Gasteiger charge is -2.00. The molecule has 0 amide bonds. The van der Waals surface area contributed by atoms with E-state index in [1.54, 1.807) is 6.20 Å². The molecule has 0 radical (unpaired) electrons. The molecule has 0 saturated heterocycles. The van der Waals surface area contributed by atoms with Gasteiger partial charge in [-0.3, -0.25) is 0 Å². The maximum absolute atomic E-state index is 6.02. The Morgan fingerprint density at radius 3 is 2.94 bits per heavy atom. The van der Waals surface area contributed by atoms with E-state index in [4.69, 9.17) is 17.3 Å². The molecule has 0 atom stereocenters. The van der Waals surface area contributed by atoms with Crippen LogP contribution in [0.4, 0.5) is 0 Å². The summed E-state index contributed by atoms with van der Waals surface area (Å²) < 4.78 is 2.05. The summed E-state index contributed by atoms with van der Waals surface area (Å²) in [5, 5.41) is 0.486. The Hall–Kier alpha value is -1.39. The normalized spacial score (nSPS) is 10.7. The van der Waals surface area contributed by atoms with Crippen LogP contribution >= 0.6 is 11.6 Å². The molecule has 5 heteroatoms. The molecule has 4 nitrogen and oxygen atoms in total. The zero-order chi connectivity index (χ0) is 12.1. The monoisotopic (exact) mass is 250 g/mol. The van der Waals surface area contributed by atoms with Crippen LogP contribution in [-0.4, -0.2) is 21.1 Å². The number of aromatic nitrogens is 3. The maximum atomic E-state index is 6.02. The predicted octanol–water partition coefficient (Wildman–Crippen LogP) is 2.34. The SMILES string of the molecule is NCCCCn1cnc(-c2cccnc2Cl)c1. The first-order valence-corrected chi connectivity index (χ1v) is 6.02. The fraction of sp³-hybridized carbons (Fsp3) is 0.333. The summed E-state index contributed by atoms with van der Waals surface area (Å²) in [6.45, 7) is 1.66. The van der Waals surface area contributed by atoms with Crippen molar-refractivity contribution in [3.8, 4) is 11.3 Å². The molecule has 0 fully saturated rings. The fourth-order valence-electron chi connectivity index (χ4n) is 1.64. The van der Waals surface area contributed by atoms with Crippen LogP contribution in [0, 0.1) is 0 Å². The number of nitrogens with two attached hydrogens (primary N) is 1. The molecule has 0 aliphatic heterocycles. The number of nitrogens with zero attached hydrogens (tertiary/aromatic N) is 3. The number of aryl methyl sites for hydroxylation is 1. The highest BCUT2D eigenvalue weighted by molar-refractivity contribution is 6.31. The minimum atomic E-state index is 0.486. The van der Waals surface area contributed by atoms with E-state index in [1.165, 1.54) is 0 Å². The molecule has 2 aromatic heterocycles. The van der Waals surface area contributed by atoms with Gasteiger partial charge in [-0.1, -0.05) is 11.6 Å². The van der Waals surface area contributed by atoms with Crippen molar-refractivity contribution in [2.24, 2.45) is 5.73 Å². The van der Waals surface area contributed by atoms with E-state index in [9.17, 15) is 0 Å². The van der Waals surface area contributed by atoms with E-state index < -0.39 is 0 Å². The largest absolute Gasteiger partial charge is 0.337 e. The van der Waals surface area contributed by atoms with Crippen LogP contribution in [0.3, 0.4) is 0 Å².